The maximum Gasteiger partial charge on any atom is 0.283 e. The average molecular weight is 514 g/mol. The summed E-state index contributed by atoms with van der Waals surface area (Å²) in [6.45, 7) is 1.84. The van der Waals surface area contributed by atoms with Crippen molar-refractivity contribution in [2.75, 3.05) is 16.0 Å². The van der Waals surface area contributed by atoms with E-state index in [0.29, 0.717) is 32.2 Å². The minimum absolute atomic E-state index is 0.0295. The lowest BCUT2D eigenvalue weighted by Crippen LogP contribution is -2.31. The van der Waals surface area contributed by atoms with Gasteiger partial charge in [-0.15, -0.1) is 0 Å². The Bertz CT molecular complexity index is 1310. The van der Waals surface area contributed by atoms with Crippen molar-refractivity contribution < 1.29 is 14.0 Å². The summed E-state index contributed by atoms with van der Waals surface area (Å²) in [4.78, 5) is 31.8. The molecule has 0 bridgehead atoms. The smallest absolute Gasteiger partial charge is 0.283 e. The number of benzene rings is 3. The van der Waals surface area contributed by atoms with Crippen LogP contribution in [-0.4, -0.2) is 22.7 Å². The van der Waals surface area contributed by atoms with Crippen LogP contribution in [0.4, 0.5) is 15.8 Å². The Morgan fingerprint density at radius 1 is 1.06 bits per heavy atom. The van der Waals surface area contributed by atoms with Gasteiger partial charge in [0, 0.05) is 15.7 Å². The lowest BCUT2D eigenvalue weighted by atomic mass is 10.1. The molecule has 0 saturated heterocycles. The minimum atomic E-state index is -0.371. The quantitative estimate of drug-likeness (QED) is 0.393. The largest absolute Gasteiger partial charge is 0.325 e. The first kappa shape index (κ1) is 24.0. The number of thioether (sulfide) groups is 1. The van der Waals surface area contributed by atoms with Crippen molar-refractivity contribution in [2.45, 2.75) is 6.92 Å². The zero-order valence-corrected chi connectivity index (χ0v) is 20.2. The Kier molecular flexibility index (Phi) is 7.36. The Morgan fingerprint density at radius 3 is 2.41 bits per heavy atom. The molecule has 1 aliphatic heterocycles. The first-order valence-corrected chi connectivity index (χ1v) is 11.9. The molecule has 1 heterocycles. The van der Waals surface area contributed by atoms with Crippen molar-refractivity contribution in [1.82, 2.24) is 0 Å². The van der Waals surface area contributed by atoms with Gasteiger partial charge in [-0.3, -0.25) is 14.5 Å². The van der Waals surface area contributed by atoms with E-state index in [-0.39, 0.29) is 29.1 Å². The highest BCUT2D eigenvalue weighted by atomic mass is 35.5. The zero-order chi connectivity index (χ0) is 24.2. The fourth-order valence-corrected chi connectivity index (χ4v) is 4.41. The number of rotatable bonds is 5. The third kappa shape index (κ3) is 5.67. The summed E-state index contributed by atoms with van der Waals surface area (Å²) in [5, 5.41) is 4.26. The number of anilines is 2. The third-order valence-corrected chi connectivity index (χ3v) is 6.29. The lowest BCUT2D eigenvalue weighted by Gasteiger charge is -2.20. The van der Waals surface area contributed by atoms with Gasteiger partial charge in [0.2, 0.25) is 5.91 Å². The number of amides is 2. The van der Waals surface area contributed by atoms with Gasteiger partial charge in [-0.05, 0) is 78.7 Å². The molecule has 172 valence electrons. The Balaban J connectivity index is 1.59. The van der Waals surface area contributed by atoms with Crippen LogP contribution in [0, 0.1) is 12.7 Å². The minimum Gasteiger partial charge on any atom is -0.325 e. The molecule has 34 heavy (non-hydrogen) atoms. The summed E-state index contributed by atoms with van der Waals surface area (Å²) < 4.78 is 13.3. The summed E-state index contributed by atoms with van der Waals surface area (Å²) in [6.07, 6.45) is 1.58. The molecule has 0 spiro atoms. The van der Waals surface area contributed by atoms with Crippen LogP contribution in [0.2, 0.25) is 10.0 Å². The molecule has 0 aromatic heterocycles. The SMILES string of the molecule is Cc1cc(Cl)ccc1N1C(=O)/C(=C/c2ccc(F)cc2)N=C1SCC(=O)Nc1ccc(Cl)cc1. The number of aliphatic imine (C=N–C) groups is 1. The van der Waals surface area contributed by atoms with Crippen LogP contribution >= 0.6 is 35.0 Å². The van der Waals surface area contributed by atoms with Crippen LogP contribution in [0.3, 0.4) is 0 Å². The van der Waals surface area contributed by atoms with Crippen LogP contribution in [0.5, 0.6) is 0 Å². The second-order valence-corrected chi connectivity index (χ2v) is 9.21. The summed E-state index contributed by atoms with van der Waals surface area (Å²) >= 11 is 13.1. The van der Waals surface area contributed by atoms with Crippen molar-refractivity contribution in [3.63, 3.8) is 0 Å². The van der Waals surface area contributed by atoms with Gasteiger partial charge in [-0.25, -0.2) is 9.38 Å². The highest BCUT2D eigenvalue weighted by Crippen LogP contribution is 2.33. The summed E-state index contributed by atoms with van der Waals surface area (Å²) in [6, 6.07) is 17.7. The van der Waals surface area contributed by atoms with E-state index in [4.69, 9.17) is 23.2 Å². The average Bonchev–Trinajstić information content (AvgIpc) is 3.10. The second-order valence-electron chi connectivity index (χ2n) is 7.39. The van der Waals surface area contributed by atoms with E-state index in [1.165, 1.54) is 17.0 Å². The van der Waals surface area contributed by atoms with E-state index >= 15 is 0 Å². The summed E-state index contributed by atoms with van der Waals surface area (Å²) in [7, 11) is 0. The van der Waals surface area contributed by atoms with Gasteiger partial charge in [0.25, 0.3) is 5.91 Å². The molecule has 0 aliphatic carbocycles. The molecule has 3 aromatic carbocycles. The number of hydrogen-bond donors (Lipinski definition) is 1. The number of hydrogen-bond acceptors (Lipinski definition) is 4. The molecule has 0 saturated carbocycles. The molecular formula is C25H18Cl2FN3O2S. The molecule has 9 heteroatoms. The fraction of sp³-hybridized carbons (Fsp3) is 0.0800. The Hall–Kier alpha value is -3.13. The number of nitrogens with one attached hydrogen (secondary N) is 1. The molecule has 4 rings (SSSR count). The predicted molar refractivity (Wildman–Crippen MR) is 138 cm³/mol. The maximum atomic E-state index is 13.3. The maximum absolute atomic E-state index is 13.3. The van der Waals surface area contributed by atoms with E-state index in [9.17, 15) is 14.0 Å². The van der Waals surface area contributed by atoms with Crippen LogP contribution in [0.25, 0.3) is 6.08 Å². The Labute approximate surface area is 210 Å². The fourth-order valence-electron chi connectivity index (χ4n) is 3.25. The van der Waals surface area contributed by atoms with Crippen LogP contribution < -0.4 is 10.2 Å². The van der Waals surface area contributed by atoms with E-state index < -0.39 is 0 Å². The van der Waals surface area contributed by atoms with Crippen molar-refractivity contribution in [2.24, 2.45) is 4.99 Å². The van der Waals surface area contributed by atoms with E-state index in [0.717, 1.165) is 17.3 Å². The summed E-state index contributed by atoms with van der Waals surface area (Å²) in [5.74, 6) is -0.951. The normalized spacial score (nSPS) is 14.5. The monoisotopic (exact) mass is 513 g/mol. The number of halogens is 3. The van der Waals surface area contributed by atoms with Crippen molar-refractivity contribution >= 4 is 69.4 Å². The number of nitrogens with zero attached hydrogens (tertiary/aromatic N) is 2. The summed E-state index contributed by atoms with van der Waals surface area (Å²) in [5.41, 5.74) is 2.82. The molecule has 0 atom stereocenters. The lowest BCUT2D eigenvalue weighted by molar-refractivity contribution is -0.114. The van der Waals surface area contributed by atoms with Gasteiger partial charge >= 0.3 is 0 Å². The number of carbonyl (C=O) groups is 2. The highest BCUT2D eigenvalue weighted by molar-refractivity contribution is 8.14. The second kappa shape index (κ2) is 10.4. The third-order valence-electron chi connectivity index (χ3n) is 4.86. The Morgan fingerprint density at radius 2 is 1.74 bits per heavy atom. The number of aryl methyl sites for hydroxylation is 1. The molecule has 5 nitrogen and oxygen atoms in total. The van der Waals surface area contributed by atoms with E-state index in [2.05, 4.69) is 10.3 Å². The van der Waals surface area contributed by atoms with E-state index in [1.807, 2.05) is 6.92 Å². The molecule has 0 unspecified atom stereocenters. The van der Waals surface area contributed by atoms with Gasteiger partial charge in [0.1, 0.15) is 11.5 Å². The van der Waals surface area contributed by atoms with Crippen LogP contribution in [0.15, 0.2) is 77.4 Å². The standard InChI is InChI=1S/C25H18Cl2FN3O2S/c1-15-12-18(27)6-11-22(15)31-24(33)21(13-16-2-7-19(28)8-3-16)30-25(31)34-14-23(32)29-20-9-4-17(26)5-10-20/h2-13H,14H2,1H3,(H,29,32)/b21-13-. The molecular weight excluding hydrogens is 496 g/mol. The molecule has 0 fully saturated rings. The van der Waals surface area contributed by atoms with Crippen molar-refractivity contribution in [3.05, 3.63) is 99.4 Å². The first-order chi connectivity index (χ1) is 16.3. The first-order valence-electron chi connectivity index (χ1n) is 10.1. The molecule has 2 amide bonds. The number of carbonyl (C=O) groups excluding carboxylic acids is 2. The van der Waals surface area contributed by atoms with Crippen molar-refractivity contribution in [1.29, 1.82) is 0 Å². The molecule has 3 aromatic rings. The zero-order valence-electron chi connectivity index (χ0n) is 17.9. The molecule has 1 aliphatic rings. The van der Waals surface area contributed by atoms with E-state index in [1.54, 1.807) is 60.7 Å². The van der Waals surface area contributed by atoms with Gasteiger partial charge in [0.15, 0.2) is 5.17 Å². The molecule has 1 N–H and O–H groups in total. The van der Waals surface area contributed by atoms with Crippen LogP contribution in [-0.2, 0) is 9.59 Å². The van der Waals surface area contributed by atoms with Gasteiger partial charge in [0.05, 0.1) is 11.4 Å². The topological polar surface area (TPSA) is 61.8 Å². The van der Waals surface area contributed by atoms with Gasteiger partial charge in [-0.1, -0.05) is 47.1 Å². The van der Waals surface area contributed by atoms with Gasteiger partial charge < -0.3 is 5.32 Å². The van der Waals surface area contributed by atoms with Gasteiger partial charge in [-0.2, -0.15) is 0 Å². The number of amidine groups is 1. The van der Waals surface area contributed by atoms with Crippen molar-refractivity contribution in [3.8, 4) is 0 Å². The predicted octanol–water partition coefficient (Wildman–Crippen LogP) is 6.56. The van der Waals surface area contributed by atoms with Crippen LogP contribution in [0.1, 0.15) is 11.1 Å². The molecule has 0 radical (unpaired) electrons. The highest BCUT2D eigenvalue weighted by Gasteiger charge is 2.33.